The molecule has 4 fully saturated rings. The molecule has 5 aliphatic carbocycles. The Morgan fingerprint density at radius 1 is 0.898 bits per heavy atom. The molecule has 12 atom stereocenters. The number of carbonyl (C=O) groups excluding carboxylic acids is 2. The molecule has 49 heavy (non-hydrogen) atoms. The summed E-state index contributed by atoms with van der Waals surface area (Å²) >= 11 is 0. The van der Waals surface area contributed by atoms with Crippen LogP contribution in [-0.2, 0) is 19.1 Å². The van der Waals surface area contributed by atoms with Gasteiger partial charge < -0.3 is 29.9 Å². The lowest BCUT2D eigenvalue weighted by Crippen LogP contribution is -2.72. The standard InChI is InChI=1S/C41H62O8/c1-11-25(5)35(47)49-22-37(8)28-15-17-38(9)29(40(28,12-2)18-16-30(37)42)14-13-26-27-20-36(6,7)33(45)34(46)41(27,31(43)21-39(26,38)10)23-48-32(44)19-24(3)4/h11-13,19,27-31,33-34,42-43,45-46H,2,14-18,20-23H2,1,3-10H3/b25-11+/t27?,28?,29?,30-,31+,33-,34-,37+,38+,39+,40-,41-/m0/s1. The van der Waals surface area contributed by atoms with Crippen molar-refractivity contribution in [3.05, 3.63) is 47.6 Å². The molecule has 3 unspecified atom stereocenters. The van der Waals surface area contributed by atoms with Crippen molar-refractivity contribution in [2.75, 3.05) is 13.2 Å². The summed E-state index contributed by atoms with van der Waals surface area (Å²) in [4.78, 5) is 25.5. The SMILES string of the molecule is C=C[C@]12CC[C@H](O)[C@](C)(COC(=O)/C(C)=C/C)C1CC[C@]1(C)C2CC=C2C3CC(C)(C)[C@@H](O)[C@H](O)[C@]3(COC(=O)C=C(C)C)[C@H](O)C[C@]21C. The van der Waals surface area contributed by atoms with Gasteiger partial charge in [-0.15, -0.1) is 6.58 Å². The molecular weight excluding hydrogens is 620 g/mol. The molecule has 0 radical (unpaired) electrons. The second kappa shape index (κ2) is 12.8. The molecule has 5 rings (SSSR count). The molecular formula is C41H62O8. The van der Waals surface area contributed by atoms with Gasteiger partial charge in [-0.1, -0.05) is 64.0 Å². The maximum Gasteiger partial charge on any atom is 0.333 e. The Labute approximate surface area is 293 Å². The maximum atomic E-state index is 12.8. The van der Waals surface area contributed by atoms with E-state index in [1.165, 1.54) is 11.6 Å². The number of hydrogen-bond acceptors (Lipinski definition) is 8. The average molecular weight is 683 g/mol. The monoisotopic (exact) mass is 682 g/mol. The fourth-order valence-corrected chi connectivity index (χ4v) is 11.7. The van der Waals surface area contributed by atoms with Crippen molar-refractivity contribution in [2.24, 2.45) is 50.2 Å². The van der Waals surface area contributed by atoms with Crippen molar-refractivity contribution < 1.29 is 39.5 Å². The van der Waals surface area contributed by atoms with E-state index in [4.69, 9.17) is 9.47 Å². The Morgan fingerprint density at radius 3 is 2.18 bits per heavy atom. The normalized spacial score (nSPS) is 45.7. The molecule has 0 bridgehead atoms. The highest BCUT2D eigenvalue weighted by atomic mass is 16.5. The zero-order chi connectivity index (χ0) is 36.5. The van der Waals surface area contributed by atoms with Crippen LogP contribution in [0.4, 0.5) is 0 Å². The molecule has 0 aliphatic heterocycles. The van der Waals surface area contributed by atoms with E-state index in [0.29, 0.717) is 24.8 Å². The van der Waals surface area contributed by atoms with Gasteiger partial charge in [0, 0.05) is 17.1 Å². The van der Waals surface area contributed by atoms with Crippen LogP contribution in [0.15, 0.2) is 47.6 Å². The van der Waals surface area contributed by atoms with Gasteiger partial charge in [-0.2, -0.15) is 0 Å². The smallest absolute Gasteiger partial charge is 0.333 e. The fourth-order valence-electron chi connectivity index (χ4n) is 11.7. The Bertz CT molecular complexity index is 1440. The minimum absolute atomic E-state index is 0.0317. The van der Waals surface area contributed by atoms with Crippen LogP contribution < -0.4 is 0 Å². The predicted octanol–water partition coefficient (Wildman–Crippen LogP) is 6.23. The van der Waals surface area contributed by atoms with Gasteiger partial charge in [0.2, 0.25) is 0 Å². The number of rotatable bonds is 7. The largest absolute Gasteiger partial charge is 0.462 e. The number of esters is 2. The van der Waals surface area contributed by atoms with Gasteiger partial charge in [-0.3, -0.25) is 0 Å². The summed E-state index contributed by atoms with van der Waals surface area (Å²) in [6.07, 6.45) is 8.17. The summed E-state index contributed by atoms with van der Waals surface area (Å²) in [6.45, 7) is 22.2. The van der Waals surface area contributed by atoms with Crippen molar-refractivity contribution in [1.29, 1.82) is 0 Å². The third-order valence-corrected chi connectivity index (χ3v) is 15.0. The van der Waals surface area contributed by atoms with E-state index in [0.717, 1.165) is 31.3 Å². The molecule has 0 saturated heterocycles. The third kappa shape index (κ3) is 5.45. The lowest BCUT2D eigenvalue weighted by Gasteiger charge is -2.72. The Kier molecular flexibility index (Phi) is 9.88. The highest BCUT2D eigenvalue weighted by Gasteiger charge is 2.73. The van der Waals surface area contributed by atoms with Crippen LogP contribution in [0, 0.1) is 50.2 Å². The topological polar surface area (TPSA) is 134 Å². The fraction of sp³-hybridized carbons (Fsp3) is 0.756. The highest BCUT2D eigenvalue weighted by Crippen LogP contribution is 2.76. The van der Waals surface area contributed by atoms with Gasteiger partial charge in [0.25, 0.3) is 0 Å². The maximum absolute atomic E-state index is 12.8. The molecule has 0 aromatic heterocycles. The molecule has 0 aromatic rings. The number of fused-ring (bicyclic) bond motifs is 7. The third-order valence-electron chi connectivity index (χ3n) is 15.0. The van der Waals surface area contributed by atoms with Crippen LogP contribution in [0.2, 0.25) is 0 Å². The van der Waals surface area contributed by atoms with Gasteiger partial charge >= 0.3 is 11.9 Å². The molecule has 0 spiro atoms. The van der Waals surface area contributed by atoms with Crippen LogP contribution in [0.1, 0.15) is 107 Å². The Balaban J connectivity index is 1.58. The van der Waals surface area contributed by atoms with Crippen molar-refractivity contribution in [1.82, 2.24) is 0 Å². The molecule has 0 aromatic carbocycles. The molecule has 274 valence electrons. The van der Waals surface area contributed by atoms with Crippen LogP contribution in [0.3, 0.4) is 0 Å². The zero-order valence-electron chi connectivity index (χ0n) is 31.3. The van der Waals surface area contributed by atoms with Crippen molar-refractivity contribution >= 4 is 11.9 Å². The second-order valence-corrected chi connectivity index (χ2v) is 18.0. The summed E-state index contributed by atoms with van der Waals surface area (Å²) in [5.74, 6) is -1.03. The summed E-state index contributed by atoms with van der Waals surface area (Å²) in [5.41, 5.74) is -1.13. The lowest BCUT2D eigenvalue weighted by atomic mass is 9.32. The van der Waals surface area contributed by atoms with Crippen LogP contribution in [-0.4, -0.2) is 70.0 Å². The number of aliphatic hydroxyl groups excluding tert-OH is 4. The van der Waals surface area contributed by atoms with Gasteiger partial charge in [-0.25, -0.2) is 9.59 Å². The molecule has 0 amide bonds. The first-order valence-electron chi connectivity index (χ1n) is 18.4. The average Bonchev–Trinajstić information content (AvgIpc) is 3.03. The first-order valence-corrected chi connectivity index (χ1v) is 18.4. The second-order valence-electron chi connectivity index (χ2n) is 18.0. The van der Waals surface area contributed by atoms with Gasteiger partial charge in [0.05, 0.1) is 36.4 Å². The quantitative estimate of drug-likeness (QED) is 0.141. The number of allylic oxidation sites excluding steroid dienone is 5. The first-order chi connectivity index (χ1) is 22.7. The Hall–Kier alpha value is -2.26. The molecule has 8 nitrogen and oxygen atoms in total. The summed E-state index contributed by atoms with van der Waals surface area (Å²) in [7, 11) is 0. The number of aliphatic hydroxyl groups is 4. The van der Waals surface area contributed by atoms with Crippen LogP contribution >= 0.6 is 0 Å². The first kappa shape index (κ1) is 38.0. The van der Waals surface area contributed by atoms with E-state index in [1.807, 2.05) is 34.6 Å². The minimum atomic E-state index is -1.29. The number of ether oxygens (including phenoxy) is 2. The van der Waals surface area contributed by atoms with Crippen molar-refractivity contribution in [3.63, 3.8) is 0 Å². The number of hydrogen-bond donors (Lipinski definition) is 4. The van der Waals surface area contributed by atoms with E-state index < -0.39 is 52.0 Å². The minimum Gasteiger partial charge on any atom is -0.462 e. The van der Waals surface area contributed by atoms with Crippen molar-refractivity contribution in [3.8, 4) is 0 Å². The molecule has 4 saturated carbocycles. The highest BCUT2D eigenvalue weighted by molar-refractivity contribution is 5.87. The molecule has 5 aliphatic rings. The van der Waals surface area contributed by atoms with E-state index in [-0.39, 0.29) is 47.8 Å². The Morgan fingerprint density at radius 2 is 1.57 bits per heavy atom. The van der Waals surface area contributed by atoms with E-state index >= 15 is 0 Å². The van der Waals surface area contributed by atoms with E-state index in [1.54, 1.807) is 13.0 Å². The summed E-state index contributed by atoms with van der Waals surface area (Å²) in [5, 5.41) is 47.3. The zero-order valence-corrected chi connectivity index (χ0v) is 31.3. The lowest BCUT2D eigenvalue weighted by molar-refractivity contribution is -0.258. The van der Waals surface area contributed by atoms with Gasteiger partial charge in [-0.05, 0) is 112 Å². The van der Waals surface area contributed by atoms with Crippen molar-refractivity contribution in [2.45, 2.75) is 132 Å². The van der Waals surface area contributed by atoms with Gasteiger partial charge in [0.1, 0.15) is 6.61 Å². The summed E-state index contributed by atoms with van der Waals surface area (Å²) < 4.78 is 11.7. The van der Waals surface area contributed by atoms with Crippen LogP contribution in [0.25, 0.3) is 0 Å². The summed E-state index contributed by atoms with van der Waals surface area (Å²) in [6, 6.07) is 0. The predicted molar refractivity (Wildman–Crippen MR) is 189 cm³/mol. The molecule has 0 heterocycles. The van der Waals surface area contributed by atoms with Gasteiger partial charge in [0.15, 0.2) is 0 Å². The van der Waals surface area contributed by atoms with Crippen LogP contribution in [0.5, 0.6) is 0 Å². The number of carbonyl (C=O) groups is 2. The molecule has 4 N–H and O–H groups in total. The molecule has 8 heteroatoms. The van der Waals surface area contributed by atoms with E-state index in [9.17, 15) is 30.0 Å². The van der Waals surface area contributed by atoms with E-state index in [2.05, 4.69) is 39.5 Å².